The highest BCUT2D eigenvalue weighted by atomic mass is 32.2. The van der Waals surface area contributed by atoms with E-state index >= 15 is 0 Å². The van der Waals surface area contributed by atoms with E-state index in [1.54, 1.807) is 6.92 Å². The topological polar surface area (TPSA) is 63.4 Å². The summed E-state index contributed by atoms with van der Waals surface area (Å²) in [5.74, 6) is 0.476. The van der Waals surface area contributed by atoms with Gasteiger partial charge < -0.3 is 10.6 Å². The lowest BCUT2D eigenvalue weighted by Gasteiger charge is -2.19. The van der Waals surface area contributed by atoms with E-state index in [-0.39, 0.29) is 11.5 Å². The lowest BCUT2D eigenvalue weighted by atomic mass is 10.2. The van der Waals surface area contributed by atoms with Crippen molar-refractivity contribution < 1.29 is 8.42 Å². The normalized spacial score (nSPS) is 11.5. The molecule has 5 heteroatoms. The van der Waals surface area contributed by atoms with Crippen molar-refractivity contribution in [1.29, 1.82) is 0 Å². The van der Waals surface area contributed by atoms with Crippen molar-refractivity contribution in [2.75, 3.05) is 30.0 Å². The summed E-state index contributed by atoms with van der Waals surface area (Å²) in [6.07, 6.45) is 0.652. The third-order valence-corrected chi connectivity index (χ3v) is 4.77. The third-order valence-electron chi connectivity index (χ3n) is 2.98. The van der Waals surface area contributed by atoms with E-state index in [0.29, 0.717) is 13.0 Å². The second kappa shape index (κ2) is 6.75. The Hall–Kier alpha value is -1.07. The molecule has 1 aromatic rings. The molecule has 0 aliphatic carbocycles. The van der Waals surface area contributed by atoms with Crippen molar-refractivity contribution in [2.45, 2.75) is 19.9 Å². The molecule has 0 spiro atoms. The van der Waals surface area contributed by atoms with Gasteiger partial charge in [-0.15, -0.1) is 0 Å². The van der Waals surface area contributed by atoms with Crippen LogP contribution in [0.25, 0.3) is 0 Å². The van der Waals surface area contributed by atoms with Gasteiger partial charge in [-0.1, -0.05) is 19.1 Å². The third kappa shape index (κ3) is 4.66. The van der Waals surface area contributed by atoms with Gasteiger partial charge >= 0.3 is 0 Å². The average molecular weight is 270 g/mol. The first-order valence-electron chi connectivity index (χ1n) is 6.19. The van der Waals surface area contributed by atoms with Gasteiger partial charge in [0, 0.05) is 31.6 Å². The first kappa shape index (κ1) is 15.0. The van der Waals surface area contributed by atoms with Crippen molar-refractivity contribution in [3.8, 4) is 0 Å². The second-order valence-electron chi connectivity index (χ2n) is 4.39. The summed E-state index contributed by atoms with van der Waals surface area (Å²) in [6, 6.07) is 8.00. The highest BCUT2D eigenvalue weighted by Crippen LogP contribution is 2.14. The van der Waals surface area contributed by atoms with E-state index in [0.717, 1.165) is 17.8 Å². The maximum absolute atomic E-state index is 11.4. The Morgan fingerprint density at radius 3 is 2.67 bits per heavy atom. The summed E-state index contributed by atoms with van der Waals surface area (Å²) in [4.78, 5) is 2.06. The van der Waals surface area contributed by atoms with E-state index in [9.17, 15) is 8.42 Å². The molecule has 0 unspecified atom stereocenters. The van der Waals surface area contributed by atoms with Gasteiger partial charge in [0.05, 0.1) is 5.75 Å². The van der Waals surface area contributed by atoms with Crippen LogP contribution in [0.1, 0.15) is 18.9 Å². The Labute approximate surface area is 110 Å². The molecule has 0 saturated heterocycles. The first-order valence-corrected chi connectivity index (χ1v) is 8.01. The molecule has 102 valence electrons. The molecular formula is C13H22N2O2S. The average Bonchev–Trinajstić information content (AvgIpc) is 2.38. The maximum Gasteiger partial charge on any atom is 0.150 e. The summed E-state index contributed by atoms with van der Waals surface area (Å²) >= 11 is 0. The zero-order valence-electron chi connectivity index (χ0n) is 11.1. The highest BCUT2D eigenvalue weighted by molar-refractivity contribution is 7.91. The molecule has 0 aromatic heterocycles. The van der Waals surface area contributed by atoms with Crippen LogP contribution in [0, 0.1) is 0 Å². The molecule has 0 fully saturated rings. The predicted molar refractivity (Wildman–Crippen MR) is 76.5 cm³/mol. The van der Waals surface area contributed by atoms with Crippen molar-refractivity contribution in [2.24, 2.45) is 5.73 Å². The number of nitrogens with zero attached hydrogens (tertiary/aromatic N) is 1. The van der Waals surface area contributed by atoms with Gasteiger partial charge in [0.25, 0.3) is 0 Å². The molecule has 0 amide bonds. The van der Waals surface area contributed by atoms with Gasteiger partial charge in [0.15, 0.2) is 0 Å². The Balaban J connectivity index is 2.52. The van der Waals surface area contributed by atoms with Crippen molar-refractivity contribution in [1.82, 2.24) is 0 Å². The fourth-order valence-electron chi connectivity index (χ4n) is 1.72. The minimum absolute atomic E-state index is 0.222. The largest absolute Gasteiger partial charge is 0.375 e. The molecule has 0 radical (unpaired) electrons. The van der Waals surface area contributed by atoms with E-state index in [1.807, 2.05) is 31.3 Å². The van der Waals surface area contributed by atoms with Crippen LogP contribution in [0.15, 0.2) is 24.3 Å². The number of hydrogen-bond acceptors (Lipinski definition) is 4. The summed E-state index contributed by atoms with van der Waals surface area (Å²) in [5, 5.41) is 0. The van der Waals surface area contributed by atoms with Gasteiger partial charge in [-0.05, 0) is 24.1 Å². The van der Waals surface area contributed by atoms with Crippen LogP contribution in [-0.2, 0) is 16.4 Å². The van der Waals surface area contributed by atoms with E-state index in [2.05, 4.69) is 4.90 Å². The molecule has 0 aliphatic rings. The number of hydrogen-bond donors (Lipinski definition) is 1. The molecular weight excluding hydrogens is 248 g/mol. The van der Waals surface area contributed by atoms with Crippen LogP contribution in [0.4, 0.5) is 5.69 Å². The van der Waals surface area contributed by atoms with E-state index in [1.165, 1.54) is 0 Å². The summed E-state index contributed by atoms with van der Waals surface area (Å²) in [5.41, 5.74) is 7.76. The molecule has 0 bridgehead atoms. The number of anilines is 1. The van der Waals surface area contributed by atoms with Gasteiger partial charge in [0.1, 0.15) is 9.84 Å². The molecule has 0 heterocycles. The fraction of sp³-hybridized carbons (Fsp3) is 0.538. The van der Waals surface area contributed by atoms with Crippen molar-refractivity contribution >= 4 is 15.5 Å². The Morgan fingerprint density at radius 1 is 1.33 bits per heavy atom. The predicted octanol–water partition coefficient (Wildman–Crippen LogP) is 1.41. The number of sulfone groups is 1. The molecule has 2 N–H and O–H groups in total. The minimum atomic E-state index is -2.86. The molecule has 18 heavy (non-hydrogen) atoms. The maximum atomic E-state index is 11.4. The zero-order chi connectivity index (χ0) is 13.6. The molecule has 0 saturated carbocycles. The monoisotopic (exact) mass is 270 g/mol. The first-order chi connectivity index (χ1) is 8.48. The fourth-order valence-corrected chi connectivity index (χ4v) is 2.57. The molecule has 0 atom stereocenters. The van der Waals surface area contributed by atoms with E-state index < -0.39 is 9.84 Å². The van der Waals surface area contributed by atoms with Crippen LogP contribution in [-0.4, -0.2) is 33.5 Å². The van der Waals surface area contributed by atoms with Crippen molar-refractivity contribution in [3.63, 3.8) is 0 Å². The smallest absolute Gasteiger partial charge is 0.150 e. The van der Waals surface area contributed by atoms with Crippen LogP contribution < -0.4 is 10.6 Å². The van der Waals surface area contributed by atoms with Crippen LogP contribution in [0.2, 0.25) is 0 Å². The number of rotatable bonds is 7. The summed E-state index contributed by atoms with van der Waals surface area (Å²) < 4.78 is 22.8. The standard InChI is InChI=1S/C13H22N2O2S/c1-3-18(16,17)9-5-8-15(2)13-7-4-6-12(10-13)11-14/h4,6-7,10H,3,5,8-9,11,14H2,1-2H3. The van der Waals surface area contributed by atoms with Gasteiger partial charge in [-0.3, -0.25) is 0 Å². The second-order valence-corrected chi connectivity index (χ2v) is 6.86. The van der Waals surface area contributed by atoms with Crippen molar-refractivity contribution in [3.05, 3.63) is 29.8 Å². The summed E-state index contributed by atoms with van der Waals surface area (Å²) in [6.45, 7) is 2.93. The zero-order valence-corrected chi connectivity index (χ0v) is 11.9. The Bertz CT molecular complexity index is 472. The Kier molecular flexibility index (Phi) is 5.62. The van der Waals surface area contributed by atoms with Gasteiger partial charge in [-0.2, -0.15) is 0 Å². The van der Waals surface area contributed by atoms with Gasteiger partial charge in [0.2, 0.25) is 0 Å². The number of benzene rings is 1. The molecule has 0 aliphatic heterocycles. The SMILES string of the molecule is CCS(=O)(=O)CCCN(C)c1cccc(CN)c1. The minimum Gasteiger partial charge on any atom is -0.375 e. The van der Waals surface area contributed by atoms with Crippen LogP contribution >= 0.6 is 0 Å². The molecule has 4 nitrogen and oxygen atoms in total. The lowest BCUT2D eigenvalue weighted by Crippen LogP contribution is -2.21. The van der Waals surface area contributed by atoms with Gasteiger partial charge in [-0.25, -0.2) is 8.42 Å². The molecule has 1 rings (SSSR count). The van der Waals surface area contributed by atoms with E-state index in [4.69, 9.17) is 5.73 Å². The molecule has 1 aromatic carbocycles. The number of nitrogens with two attached hydrogens (primary N) is 1. The quantitative estimate of drug-likeness (QED) is 0.813. The van der Waals surface area contributed by atoms with Crippen LogP contribution in [0.3, 0.4) is 0 Å². The highest BCUT2D eigenvalue weighted by Gasteiger charge is 2.08. The lowest BCUT2D eigenvalue weighted by molar-refractivity contribution is 0.594. The van der Waals surface area contributed by atoms with Crippen LogP contribution in [0.5, 0.6) is 0 Å². The summed E-state index contributed by atoms with van der Waals surface area (Å²) in [7, 11) is -0.890. The Morgan fingerprint density at radius 2 is 2.06 bits per heavy atom.